The normalized spacial score (nSPS) is 15.7. The number of hydrogen-bond acceptors (Lipinski definition) is 4. The smallest absolute Gasteiger partial charge is 0.200 e. The lowest BCUT2D eigenvalue weighted by Gasteiger charge is -2.17. The van der Waals surface area contributed by atoms with Crippen LogP contribution in [0.2, 0.25) is 0 Å². The minimum absolute atomic E-state index is 0.0159. The molecule has 2 rings (SSSR count). The van der Waals surface area contributed by atoms with Gasteiger partial charge in [0, 0.05) is 19.6 Å². The fourth-order valence-electron chi connectivity index (χ4n) is 2.69. The molecule has 22 heavy (non-hydrogen) atoms. The fourth-order valence-corrected chi connectivity index (χ4v) is 2.69. The lowest BCUT2D eigenvalue weighted by atomic mass is 10.2. The van der Waals surface area contributed by atoms with E-state index in [1.165, 1.54) is 39.9 Å². The summed E-state index contributed by atoms with van der Waals surface area (Å²) in [6.07, 6.45) is 4.95. The van der Waals surface area contributed by atoms with Gasteiger partial charge in [0.1, 0.15) is 0 Å². The summed E-state index contributed by atoms with van der Waals surface area (Å²) < 4.78 is 10.3. The van der Waals surface area contributed by atoms with E-state index >= 15 is 0 Å². The molecule has 0 aromatic heterocycles. The zero-order chi connectivity index (χ0) is 15.9. The van der Waals surface area contributed by atoms with E-state index in [2.05, 4.69) is 15.6 Å². The van der Waals surface area contributed by atoms with Gasteiger partial charge >= 0.3 is 0 Å². The lowest BCUT2D eigenvalue weighted by molar-refractivity contribution is 0.339. The molecule has 1 fully saturated rings. The molecule has 0 unspecified atom stereocenters. The van der Waals surface area contributed by atoms with Gasteiger partial charge in [-0.3, -0.25) is 4.99 Å². The standard InChI is InChI=1S/C16H25N3O3/c1-17-16(19-12-6-4-5-7-12)18-10-11-8-13(21-2)15(20)14(9-11)22-3/h8-9,12,20H,4-7,10H2,1-3H3,(H2,17,18,19). The highest BCUT2D eigenvalue weighted by Crippen LogP contribution is 2.36. The van der Waals surface area contributed by atoms with Crippen LogP contribution in [0, 0.1) is 0 Å². The van der Waals surface area contributed by atoms with E-state index < -0.39 is 0 Å². The Bertz CT molecular complexity index is 500. The summed E-state index contributed by atoms with van der Waals surface area (Å²) >= 11 is 0. The highest BCUT2D eigenvalue weighted by atomic mass is 16.5. The second kappa shape index (κ2) is 7.77. The van der Waals surface area contributed by atoms with Gasteiger partial charge < -0.3 is 25.2 Å². The van der Waals surface area contributed by atoms with E-state index in [0.717, 1.165) is 11.5 Å². The van der Waals surface area contributed by atoms with Gasteiger partial charge in [0.2, 0.25) is 5.75 Å². The highest BCUT2D eigenvalue weighted by molar-refractivity contribution is 5.80. The van der Waals surface area contributed by atoms with Gasteiger partial charge in [-0.25, -0.2) is 0 Å². The maximum atomic E-state index is 9.92. The topological polar surface area (TPSA) is 75.1 Å². The number of nitrogens with one attached hydrogen (secondary N) is 2. The monoisotopic (exact) mass is 307 g/mol. The molecule has 0 spiro atoms. The summed E-state index contributed by atoms with van der Waals surface area (Å²) in [5, 5.41) is 16.6. The average molecular weight is 307 g/mol. The number of phenols is 1. The largest absolute Gasteiger partial charge is 0.502 e. The third-order valence-corrected chi connectivity index (χ3v) is 3.92. The molecule has 0 saturated heterocycles. The number of phenolic OH excluding ortho intramolecular Hbond substituents is 1. The highest BCUT2D eigenvalue weighted by Gasteiger charge is 2.16. The number of rotatable bonds is 5. The van der Waals surface area contributed by atoms with Gasteiger partial charge in [-0.15, -0.1) is 0 Å². The van der Waals surface area contributed by atoms with E-state index in [0.29, 0.717) is 24.1 Å². The van der Waals surface area contributed by atoms with Gasteiger partial charge in [0.25, 0.3) is 0 Å². The molecular weight excluding hydrogens is 282 g/mol. The van der Waals surface area contributed by atoms with Crippen LogP contribution in [0.1, 0.15) is 31.2 Å². The van der Waals surface area contributed by atoms with Gasteiger partial charge in [-0.1, -0.05) is 12.8 Å². The quantitative estimate of drug-likeness (QED) is 0.573. The van der Waals surface area contributed by atoms with E-state index in [9.17, 15) is 5.11 Å². The first kappa shape index (κ1) is 16.3. The van der Waals surface area contributed by atoms with Crippen molar-refractivity contribution in [3.8, 4) is 17.2 Å². The molecule has 3 N–H and O–H groups in total. The first-order valence-electron chi connectivity index (χ1n) is 7.59. The Morgan fingerprint density at radius 3 is 2.32 bits per heavy atom. The minimum atomic E-state index is 0.0159. The summed E-state index contributed by atoms with van der Waals surface area (Å²) in [5.41, 5.74) is 0.945. The second-order valence-corrected chi connectivity index (χ2v) is 5.40. The molecule has 0 bridgehead atoms. The number of guanidine groups is 1. The van der Waals surface area contributed by atoms with E-state index in [4.69, 9.17) is 9.47 Å². The Morgan fingerprint density at radius 2 is 1.82 bits per heavy atom. The van der Waals surface area contributed by atoms with Gasteiger partial charge in [0.15, 0.2) is 17.5 Å². The molecule has 0 radical (unpaired) electrons. The van der Waals surface area contributed by atoms with Crippen LogP contribution in [-0.4, -0.2) is 38.4 Å². The van der Waals surface area contributed by atoms with Crippen LogP contribution in [0.15, 0.2) is 17.1 Å². The number of hydrogen-bond donors (Lipinski definition) is 3. The first-order chi connectivity index (χ1) is 10.7. The molecule has 6 heteroatoms. The van der Waals surface area contributed by atoms with Crippen LogP contribution < -0.4 is 20.1 Å². The summed E-state index contributed by atoms with van der Waals surface area (Å²) in [4.78, 5) is 4.25. The van der Waals surface area contributed by atoms with Gasteiger partial charge in [-0.05, 0) is 30.5 Å². The van der Waals surface area contributed by atoms with Gasteiger partial charge in [0.05, 0.1) is 14.2 Å². The minimum Gasteiger partial charge on any atom is -0.502 e. The SMILES string of the molecule is CN=C(NCc1cc(OC)c(O)c(OC)c1)NC1CCCC1. The van der Waals surface area contributed by atoms with Crippen molar-refractivity contribution in [3.05, 3.63) is 17.7 Å². The van der Waals surface area contributed by atoms with Crippen LogP contribution in [0.25, 0.3) is 0 Å². The summed E-state index contributed by atoms with van der Waals surface area (Å²) in [6, 6.07) is 4.08. The van der Waals surface area contributed by atoms with Crippen molar-refractivity contribution < 1.29 is 14.6 Å². The maximum Gasteiger partial charge on any atom is 0.200 e. The second-order valence-electron chi connectivity index (χ2n) is 5.40. The first-order valence-corrected chi connectivity index (χ1v) is 7.59. The Labute approximate surface area is 131 Å². The number of benzene rings is 1. The third kappa shape index (κ3) is 3.96. The Hall–Kier alpha value is -2.11. The van der Waals surface area contributed by atoms with Crippen molar-refractivity contribution in [1.29, 1.82) is 0 Å². The molecular formula is C16H25N3O3. The Morgan fingerprint density at radius 1 is 1.23 bits per heavy atom. The van der Waals surface area contributed by atoms with E-state index in [-0.39, 0.29) is 5.75 Å². The number of ether oxygens (including phenoxy) is 2. The van der Waals surface area contributed by atoms with Crippen LogP contribution in [0.4, 0.5) is 0 Å². The third-order valence-electron chi connectivity index (χ3n) is 3.92. The van der Waals surface area contributed by atoms with Crippen molar-refractivity contribution >= 4 is 5.96 Å². The van der Waals surface area contributed by atoms with E-state index in [1.807, 2.05) is 0 Å². The number of aromatic hydroxyl groups is 1. The van der Waals surface area contributed by atoms with Crippen LogP contribution >= 0.6 is 0 Å². The van der Waals surface area contributed by atoms with Crippen LogP contribution in [-0.2, 0) is 6.54 Å². The van der Waals surface area contributed by atoms with Crippen molar-refractivity contribution in [3.63, 3.8) is 0 Å². The van der Waals surface area contributed by atoms with Gasteiger partial charge in [-0.2, -0.15) is 0 Å². The number of aliphatic imine (C=N–C) groups is 1. The molecule has 0 amide bonds. The molecule has 1 saturated carbocycles. The molecule has 0 atom stereocenters. The number of methoxy groups -OCH3 is 2. The molecule has 1 aromatic carbocycles. The zero-order valence-corrected chi connectivity index (χ0v) is 13.5. The van der Waals surface area contributed by atoms with Crippen LogP contribution in [0.3, 0.4) is 0 Å². The van der Waals surface area contributed by atoms with Crippen LogP contribution in [0.5, 0.6) is 17.2 Å². The summed E-state index contributed by atoms with van der Waals surface area (Å²) in [7, 11) is 4.81. The fraction of sp³-hybridized carbons (Fsp3) is 0.562. The number of nitrogens with zero attached hydrogens (tertiary/aromatic N) is 1. The Kier molecular flexibility index (Phi) is 5.75. The van der Waals surface area contributed by atoms with Crippen molar-refractivity contribution in [1.82, 2.24) is 10.6 Å². The maximum absolute atomic E-state index is 9.92. The Balaban J connectivity index is 2.00. The zero-order valence-electron chi connectivity index (χ0n) is 13.5. The van der Waals surface area contributed by atoms with Crippen molar-refractivity contribution in [2.75, 3.05) is 21.3 Å². The lowest BCUT2D eigenvalue weighted by Crippen LogP contribution is -2.41. The van der Waals surface area contributed by atoms with Crippen molar-refractivity contribution in [2.24, 2.45) is 4.99 Å². The molecule has 1 aliphatic carbocycles. The molecule has 122 valence electrons. The predicted octanol–water partition coefficient (Wildman–Crippen LogP) is 2.02. The summed E-state index contributed by atoms with van der Waals surface area (Å²) in [5.74, 6) is 1.60. The summed E-state index contributed by atoms with van der Waals surface area (Å²) in [6.45, 7) is 0.569. The molecule has 0 heterocycles. The molecule has 6 nitrogen and oxygen atoms in total. The van der Waals surface area contributed by atoms with E-state index in [1.54, 1.807) is 19.2 Å². The predicted molar refractivity (Wildman–Crippen MR) is 86.8 cm³/mol. The average Bonchev–Trinajstić information content (AvgIpc) is 3.05. The molecule has 1 aliphatic rings. The molecule has 0 aliphatic heterocycles. The molecule has 1 aromatic rings. The van der Waals surface area contributed by atoms with Crippen molar-refractivity contribution in [2.45, 2.75) is 38.3 Å².